The van der Waals surface area contributed by atoms with E-state index in [2.05, 4.69) is 5.10 Å². The standard InChI is InChI=1S/C11H12FN3/c1-15-5-4-11(14-15)8-2-3-9(7-13)10(12)6-8/h2-6H,7,13H2,1H3. The molecule has 0 saturated carbocycles. The zero-order valence-electron chi connectivity index (χ0n) is 8.44. The molecule has 0 fully saturated rings. The van der Waals surface area contributed by atoms with E-state index in [1.807, 2.05) is 25.4 Å². The van der Waals surface area contributed by atoms with Crippen molar-refractivity contribution in [2.24, 2.45) is 12.8 Å². The second-order valence-corrected chi connectivity index (χ2v) is 3.38. The third-order valence-electron chi connectivity index (χ3n) is 2.28. The molecule has 0 saturated heterocycles. The van der Waals surface area contributed by atoms with Crippen molar-refractivity contribution in [1.29, 1.82) is 0 Å². The van der Waals surface area contributed by atoms with Crippen molar-refractivity contribution < 1.29 is 4.39 Å². The van der Waals surface area contributed by atoms with Gasteiger partial charge in [0.2, 0.25) is 0 Å². The van der Waals surface area contributed by atoms with Gasteiger partial charge in [-0.2, -0.15) is 5.10 Å². The molecule has 4 heteroatoms. The van der Waals surface area contributed by atoms with Gasteiger partial charge in [-0.05, 0) is 12.1 Å². The number of benzene rings is 1. The minimum absolute atomic E-state index is 0.217. The summed E-state index contributed by atoms with van der Waals surface area (Å²) in [6, 6.07) is 6.83. The van der Waals surface area contributed by atoms with Gasteiger partial charge in [0.05, 0.1) is 5.69 Å². The van der Waals surface area contributed by atoms with Gasteiger partial charge in [-0.3, -0.25) is 4.68 Å². The van der Waals surface area contributed by atoms with Crippen LogP contribution >= 0.6 is 0 Å². The van der Waals surface area contributed by atoms with E-state index in [0.717, 1.165) is 11.3 Å². The molecule has 2 N–H and O–H groups in total. The summed E-state index contributed by atoms with van der Waals surface area (Å²) in [6.07, 6.45) is 1.82. The lowest BCUT2D eigenvalue weighted by molar-refractivity contribution is 0.611. The molecule has 0 unspecified atom stereocenters. The Bertz CT molecular complexity index is 476. The number of nitrogens with zero attached hydrogens (tertiary/aromatic N) is 2. The van der Waals surface area contributed by atoms with E-state index < -0.39 is 0 Å². The molecule has 1 heterocycles. The third-order valence-corrected chi connectivity index (χ3v) is 2.28. The molecule has 1 aromatic heterocycles. The van der Waals surface area contributed by atoms with E-state index in [1.54, 1.807) is 10.7 Å². The Morgan fingerprint density at radius 2 is 2.20 bits per heavy atom. The predicted molar refractivity (Wildman–Crippen MR) is 56.5 cm³/mol. The van der Waals surface area contributed by atoms with Crippen molar-refractivity contribution in [3.8, 4) is 11.3 Å². The van der Waals surface area contributed by atoms with Gasteiger partial charge in [0, 0.05) is 30.9 Å². The fourth-order valence-electron chi connectivity index (χ4n) is 1.44. The average molecular weight is 205 g/mol. The van der Waals surface area contributed by atoms with Crippen LogP contribution in [0.1, 0.15) is 5.56 Å². The zero-order valence-corrected chi connectivity index (χ0v) is 8.44. The molecule has 0 radical (unpaired) electrons. The molecule has 0 amide bonds. The van der Waals surface area contributed by atoms with E-state index in [-0.39, 0.29) is 12.4 Å². The Balaban J connectivity index is 2.42. The van der Waals surface area contributed by atoms with Crippen LogP contribution in [0.2, 0.25) is 0 Å². The number of hydrogen-bond acceptors (Lipinski definition) is 2. The molecule has 0 aliphatic heterocycles. The maximum Gasteiger partial charge on any atom is 0.128 e. The average Bonchev–Trinajstić information content (AvgIpc) is 2.65. The molecular formula is C11H12FN3. The highest BCUT2D eigenvalue weighted by atomic mass is 19.1. The van der Waals surface area contributed by atoms with E-state index in [0.29, 0.717) is 5.56 Å². The number of halogens is 1. The van der Waals surface area contributed by atoms with Gasteiger partial charge in [-0.1, -0.05) is 12.1 Å². The summed E-state index contributed by atoms with van der Waals surface area (Å²) >= 11 is 0. The summed E-state index contributed by atoms with van der Waals surface area (Å²) in [7, 11) is 1.83. The van der Waals surface area contributed by atoms with E-state index in [4.69, 9.17) is 5.73 Å². The highest BCUT2D eigenvalue weighted by molar-refractivity contribution is 5.59. The van der Waals surface area contributed by atoms with Crippen LogP contribution in [0.15, 0.2) is 30.5 Å². The zero-order chi connectivity index (χ0) is 10.8. The van der Waals surface area contributed by atoms with Gasteiger partial charge in [0.15, 0.2) is 0 Å². The van der Waals surface area contributed by atoms with Crippen molar-refractivity contribution in [2.45, 2.75) is 6.54 Å². The number of aromatic nitrogens is 2. The van der Waals surface area contributed by atoms with Crippen LogP contribution in [0.25, 0.3) is 11.3 Å². The van der Waals surface area contributed by atoms with Gasteiger partial charge in [0.25, 0.3) is 0 Å². The Hall–Kier alpha value is -1.68. The number of hydrogen-bond donors (Lipinski definition) is 1. The molecule has 0 bridgehead atoms. The highest BCUT2D eigenvalue weighted by Crippen LogP contribution is 2.19. The van der Waals surface area contributed by atoms with E-state index in [1.165, 1.54) is 6.07 Å². The molecule has 15 heavy (non-hydrogen) atoms. The second kappa shape index (κ2) is 3.82. The Morgan fingerprint density at radius 1 is 1.40 bits per heavy atom. The van der Waals surface area contributed by atoms with Crippen molar-refractivity contribution in [2.75, 3.05) is 0 Å². The number of rotatable bonds is 2. The van der Waals surface area contributed by atoms with Gasteiger partial charge < -0.3 is 5.73 Å². The minimum atomic E-state index is -0.277. The molecule has 2 rings (SSSR count). The van der Waals surface area contributed by atoms with Gasteiger partial charge in [-0.15, -0.1) is 0 Å². The van der Waals surface area contributed by atoms with E-state index in [9.17, 15) is 4.39 Å². The van der Waals surface area contributed by atoms with Crippen LogP contribution in [0.5, 0.6) is 0 Å². The van der Waals surface area contributed by atoms with Crippen molar-refractivity contribution in [1.82, 2.24) is 9.78 Å². The first-order valence-electron chi connectivity index (χ1n) is 4.69. The maximum atomic E-state index is 13.4. The molecule has 0 aliphatic rings. The smallest absolute Gasteiger partial charge is 0.128 e. The summed E-state index contributed by atoms with van der Waals surface area (Å²) in [6.45, 7) is 0.217. The van der Waals surface area contributed by atoms with Crippen molar-refractivity contribution in [3.05, 3.63) is 41.8 Å². The lowest BCUT2D eigenvalue weighted by Crippen LogP contribution is -1.99. The fourth-order valence-corrected chi connectivity index (χ4v) is 1.44. The molecule has 2 aromatic rings. The van der Waals surface area contributed by atoms with Gasteiger partial charge in [0.1, 0.15) is 5.82 Å². The Labute approximate surface area is 87.3 Å². The van der Waals surface area contributed by atoms with Crippen molar-refractivity contribution >= 4 is 0 Å². The van der Waals surface area contributed by atoms with Crippen LogP contribution in [0.4, 0.5) is 4.39 Å². The summed E-state index contributed by atoms with van der Waals surface area (Å²) in [5.74, 6) is -0.277. The van der Waals surface area contributed by atoms with Crippen LogP contribution in [-0.2, 0) is 13.6 Å². The molecule has 0 aliphatic carbocycles. The topological polar surface area (TPSA) is 43.8 Å². The largest absolute Gasteiger partial charge is 0.326 e. The van der Waals surface area contributed by atoms with Crippen LogP contribution in [0.3, 0.4) is 0 Å². The summed E-state index contributed by atoms with van der Waals surface area (Å²) in [5, 5.41) is 4.20. The first-order valence-corrected chi connectivity index (χ1v) is 4.69. The summed E-state index contributed by atoms with van der Waals surface area (Å²) < 4.78 is 15.1. The first kappa shape index (κ1) is 9.86. The molecular weight excluding hydrogens is 193 g/mol. The molecule has 78 valence electrons. The summed E-state index contributed by atoms with van der Waals surface area (Å²) in [5.41, 5.74) is 7.44. The van der Waals surface area contributed by atoms with E-state index >= 15 is 0 Å². The minimum Gasteiger partial charge on any atom is -0.326 e. The number of nitrogens with two attached hydrogens (primary N) is 1. The van der Waals surface area contributed by atoms with Crippen LogP contribution in [-0.4, -0.2) is 9.78 Å². The maximum absolute atomic E-state index is 13.4. The van der Waals surface area contributed by atoms with Gasteiger partial charge in [-0.25, -0.2) is 4.39 Å². The molecule has 0 spiro atoms. The van der Waals surface area contributed by atoms with Crippen LogP contribution < -0.4 is 5.73 Å². The predicted octanol–water partition coefficient (Wildman–Crippen LogP) is 1.68. The Morgan fingerprint density at radius 3 is 2.73 bits per heavy atom. The third kappa shape index (κ3) is 1.89. The normalized spacial score (nSPS) is 10.6. The molecule has 0 atom stereocenters. The van der Waals surface area contributed by atoms with Crippen molar-refractivity contribution in [3.63, 3.8) is 0 Å². The quantitative estimate of drug-likeness (QED) is 0.810. The Kier molecular flexibility index (Phi) is 2.51. The monoisotopic (exact) mass is 205 g/mol. The second-order valence-electron chi connectivity index (χ2n) is 3.38. The highest BCUT2D eigenvalue weighted by Gasteiger charge is 2.05. The molecule has 1 aromatic carbocycles. The van der Waals surface area contributed by atoms with Gasteiger partial charge >= 0.3 is 0 Å². The lowest BCUT2D eigenvalue weighted by Gasteiger charge is -2.01. The lowest BCUT2D eigenvalue weighted by atomic mass is 10.1. The fraction of sp³-hybridized carbons (Fsp3) is 0.182. The molecule has 3 nitrogen and oxygen atoms in total. The number of aryl methyl sites for hydroxylation is 1. The first-order chi connectivity index (χ1) is 7.20. The SMILES string of the molecule is Cn1ccc(-c2ccc(CN)c(F)c2)n1. The summed E-state index contributed by atoms with van der Waals surface area (Å²) in [4.78, 5) is 0. The van der Waals surface area contributed by atoms with Crippen LogP contribution in [0, 0.1) is 5.82 Å².